The van der Waals surface area contributed by atoms with Crippen LogP contribution in [0.1, 0.15) is 5.69 Å². The lowest BCUT2D eigenvalue weighted by molar-refractivity contribution is -0.114. The molecule has 5 rings (SSSR count). The third kappa shape index (κ3) is 4.40. The van der Waals surface area contributed by atoms with E-state index in [0.717, 1.165) is 0 Å². The maximum Gasteiger partial charge on any atom is 0.285 e. The molecule has 2 aliphatic rings. The van der Waals surface area contributed by atoms with E-state index >= 15 is 0 Å². The Kier molecular flexibility index (Phi) is 6.37. The lowest BCUT2D eigenvalue weighted by atomic mass is 10.0. The number of hydrogen-bond donors (Lipinski definition) is 4. The normalized spacial score (nSPS) is 16.3. The number of fused-ring (bicyclic) bond motifs is 1. The fraction of sp³-hybridized carbons (Fsp3) is 0.292. The van der Waals surface area contributed by atoms with E-state index < -0.39 is 23.8 Å². The Morgan fingerprint density at radius 1 is 1.11 bits per heavy atom. The Morgan fingerprint density at radius 2 is 1.81 bits per heavy atom. The van der Waals surface area contributed by atoms with E-state index in [-0.39, 0.29) is 29.6 Å². The maximum absolute atomic E-state index is 14.8. The second-order valence-corrected chi connectivity index (χ2v) is 8.39. The van der Waals surface area contributed by atoms with Gasteiger partial charge in [-0.15, -0.1) is 0 Å². The van der Waals surface area contributed by atoms with Crippen LogP contribution in [0.15, 0.2) is 48.5 Å². The quantitative estimate of drug-likeness (QED) is 0.409. The fourth-order valence-electron chi connectivity index (χ4n) is 4.17. The van der Waals surface area contributed by atoms with Crippen molar-refractivity contribution in [3.05, 3.63) is 60.0 Å². The zero-order chi connectivity index (χ0) is 25.3. The van der Waals surface area contributed by atoms with Gasteiger partial charge in [0.1, 0.15) is 5.82 Å². The molecule has 2 aromatic carbocycles. The lowest BCUT2D eigenvalue weighted by Gasteiger charge is -2.32. The van der Waals surface area contributed by atoms with Gasteiger partial charge >= 0.3 is 0 Å². The summed E-state index contributed by atoms with van der Waals surface area (Å²) in [5.41, 5.74) is 4.82. The molecule has 3 aromatic rings. The first-order valence-corrected chi connectivity index (χ1v) is 11.4. The number of nitrogens with one attached hydrogen (secondary N) is 3. The second-order valence-electron chi connectivity index (χ2n) is 8.39. The summed E-state index contributed by atoms with van der Waals surface area (Å²) >= 11 is 0. The smallest absolute Gasteiger partial charge is 0.285 e. The van der Waals surface area contributed by atoms with Gasteiger partial charge in [-0.3, -0.25) is 4.79 Å². The molecule has 5 N–H and O–H groups in total. The van der Waals surface area contributed by atoms with Crippen LogP contribution in [0.2, 0.25) is 0 Å². The van der Waals surface area contributed by atoms with Crippen molar-refractivity contribution >= 4 is 28.9 Å². The van der Waals surface area contributed by atoms with Crippen molar-refractivity contribution in [2.24, 2.45) is 5.73 Å². The number of nitrogens with zero attached hydrogens (tertiary/aromatic N) is 3. The van der Waals surface area contributed by atoms with Crippen molar-refractivity contribution in [2.75, 3.05) is 53.7 Å². The molecule has 1 saturated heterocycles. The second kappa shape index (κ2) is 9.63. The molecule has 188 valence electrons. The van der Waals surface area contributed by atoms with Crippen molar-refractivity contribution < 1.29 is 22.7 Å². The molecule has 0 bridgehead atoms. The number of aromatic nitrogens is 2. The van der Waals surface area contributed by atoms with Crippen LogP contribution in [0, 0.1) is 5.82 Å². The largest absolute Gasteiger partial charge is 0.378 e. The van der Waals surface area contributed by atoms with Gasteiger partial charge in [-0.05, 0) is 30.3 Å². The zero-order valence-electron chi connectivity index (χ0n) is 19.1. The van der Waals surface area contributed by atoms with Gasteiger partial charge in [0.05, 0.1) is 48.2 Å². The molecule has 0 atom stereocenters. The van der Waals surface area contributed by atoms with Crippen molar-refractivity contribution in [1.82, 2.24) is 9.97 Å². The molecule has 0 radical (unpaired) electrons. The standard InChI is InChI=1S/C24H24F3N7O2/c25-15-11-14(5-6-16(15)29-21(35)13-28)19-12-20(31-23(30-19)34-7-9-36-10-8-34)24(22(26)27)32-17-3-1-2-4-18(17)33-24/h1-6,11-12,22,32-33H,7-10,13,28H2,(H,29,35). The monoisotopic (exact) mass is 499 g/mol. The van der Waals surface area contributed by atoms with Crippen molar-refractivity contribution in [3.63, 3.8) is 0 Å². The van der Waals surface area contributed by atoms with E-state index in [1.54, 1.807) is 30.3 Å². The predicted octanol–water partition coefficient (Wildman–Crippen LogP) is 2.97. The number of morpholine rings is 1. The summed E-state index contributed by atoms with van der Waals surface area (Å²) in [7, 11) is 0. The summed E-state index contributed by atoms with van der Waals surface area (Å²) in [6, 6.07) is 12.4. The summed E-state index contributed by atoms with van der Waals surface area (Å²) in [5.74, 6) is -1.03. The molecule has 1 fully saturated rings. The molecule has 0 unspecified atom stereocenters. The topological polar surface area (TPSA) is 117 Å². The van der Waals surface area contributed by atoms with Gasteiger partial charge < -0.3 is 31.3 Å². The summed E-state index contributed by atoms with van der Waals surface area (Å²) in [4.78, 5) is 22.5. The highest BCUT2D eigenvalue weighted by Gasteiger charge is 2.48. The van der Waals surface area contributed by atoms with Crippen LogP contribution in [-0.4, -0.2) is 55.1 Å². The van der Waals surface area contributed by atoms with Gasteiger partial charge in [0, 0.05) is 18.7 Å². The molecule has 9 nitrogen and oxygen atoms in total. The Hall–Kier alpha value is -3.90. The lowest BCUT2D eigenvalue weighted by Crippen LogP contribution is -2.47. The minimum atomic E-state index is -2.89. The maximum atomic E-state index is 14.8. The van der Waals surface area contributed by atoms with E-state index in [0.29, 0.717) is 43.2 Å². The van der Waals surface area contributed by atoms with Gasteiger partial charge in [0.15, 0.2) is 0 Å². The van der Waals surface area contributed by atoms with Crippen LogP contribution in [0.3, 0.4) is 0 Å². The van der Waals surface area contributed by atoms with Crippen LogP contribution in [0.25, 0.3) is 11.3 Å². The molecule has 36 heavy (non-hydrogen) atoms. The average Bonchev–Trinajstić information content (AvgIpc) is 3.31. The Morgan fingerprint density at radius 3 is 2.42 bits per heavy atom. The fourth-order valence-corrected chi connectivity index (χ4v) is 4.17. The van der Waals surface area contributed by atoms with Crippen molar-refractivity contribution in [2.45, 2.75) is 12.1 Å². The first-order chi connectivity index (χ1) is 17.4. The first kappa shape index (κ1) is 23.8. The predicted molar refractivity (Wildman–Crippen MR) is 130 cm³/mol. The number of benzene rings is 2. The molecular formula is C24H24F3N7O2. The summed E-state index contributed by atoms with van der Waals surface area (Å²) in [6.07, 6.45) is -2.89. The third-order valence-corrected chi connectivity index (χ3v) is 6.05. The van der Waals surface area contributed by atoms with E-state index in [4.69, 9.17) is 10.5 Å². The number of ether oxygens (including phenoxy) is 1. The zero-order valence-corrected chi connectivity index (χ0v) is 19.1. The SMILES string of the molecule is NCC(=O)Nc1ccc(-c2cc(C3(C(F)F)Nc4ccccc4N3)nc(N3CCOCC3)n2)cc1F. The van der Waals surface area contributed by atoms with Crippen molar-refractivity contribution in [3.8, 4) is 11.3 Å². The molecule has 1 aromatic heterocycles. The Labute approximate surface area is 204 Å². The molecule has 1 amide bonds. The van der Waals surface area contributed by atoms with Crippen LogP contribution in [0.4, 0.5) is 36.2 Å². The number of hydrogen-bond acceptors (Lipinski definition) is 8. The highest BCUT2D eigenvalue weighted by Crippen LogP contribution is 2.43. The summed E-state index contributed by atoms with van der Waals surface area (Å²) in [6.45, 7) is 1.54. The number of carbonyl (C=O) groups is 1. The van der Waals surface area contributed by atoms with Gasteiger partial charge in [-0.25, -0.2) is 23.1 Å². The van der Waals surface area contributed by atoms with Crippen LogP contribution in [0.5, 0.6) is 0 Å². The molecule has 3 heterocycles. The summed E-state index contributed by atoms with van der Waals surface area (Å²) in [5, 5.41) is 8.16. The van der Waals surface area contributed by atoms with Crippen LogP contribution >= 0.6 is 0 Å². The number of nitrogens with two attached hydrogens (primary N) is 1. The van der Waals surface area contributed by atoms with E-state index in [2.05, 4.69) is 25.9 Å². The highest BCUT2D eigenvalue weighted by molar-refractivity contribution is 5.92. The number of para-hydroxylation sites is 2. The third-order valence-electron chi connectivity index (χ3n) is 6.05. The van der Waals surface area contributed by atoms with Gasteiger partial charge in [-0.2, -0.15) is 0 Å². The molecule has 2 aliphatic heterocycles. The number of alkyl halides is 2. The number of amides is 1. The number of halogens is 3. The molecule has 0 spiro atoms. The number of rotatable bonds is 6. The molecule has 12 heteroatoms. The van der Waals surface area contributed by atoms with Gasteiger partial charge in [0.25, 0.3) is 6.43 Å². The number of carbonyl (C=O) groups excluding carboxylic acids is 1. The minimum absolute atomic E-state index is 0.00103. The Balaban J connectivity index is 1.60. The summed E-state index contributed by atoms with van der Waals surface area (Å²) < 4.78 is 49.6. The minimum Gasteiger partial charge on any atom is -0.378 e. The number of anilines is 4. The van der Waals surface area contributed by atoms with E-state index in [1.165, 1.54) is 18.2 Å². The molecule has 0 saturated carbocycles. The van der Waals surface area contributed by atoms with Crippen molar-refractivity contribution in [1.29, 1.82) is 0 Å². The first-order valence-electron chi connectivity index (χ1n) is 11.4. The molecule has 0 aliphatic carbocycles. The van der Waals surface area contributed by atoms with Gasteiger partial charge in [-0.1, -0.05) is 18.2 Å². The highest BCUT2D eigenvalue weighted by atomic mass is 19.3. The molecular weight excluding hydrogens is 475 g/mol. The van der Waals surface area contributed by atoms with Crippen LogP contribution in [-0.2, 0) is 15.2 Å². The van der Waals surface area contributed by atoms with E-state index in [1.807, 2.05) is 4.90 Å². The van der Waals surface area contributed by atoms with Gasteiger partial charge in [0.2, 0.25) is 17.5 Å². The van der Waals surface area contributed by atoms with E-state index in [9.17, 15) is 18.0 Å². The average molecular weight is 499 g/mol. The Bertz CT molecular complexity index is 1260. The van der Waals surface area contributed by atoms with Crippen LogP contribution < -0.4 is 26.6 Å².